The Balaban J connectivity index is 1.41. The number of halogens is 1. The van der Waals surface area contributed by atoms with Gasteiger partial charge in [0, 0.05) is 33.9 Å². The van der Waals surface area contributed by atoms with Crippen LogP contribution in [0, 0.1) is 6.92 Å². The van der Waals surface area contributed by atoms with Crippen LogP contribution >= 0.6 is 35.2 Å². The summed E-state index contributed by atoms with van der Waals surface area (Å²) in [5.74, 6) is -0.506. The topological polar surface area (TPSA) is 90.5 Å². The van der Waals surface area contributed by atoms with Crippen molar-refractivity contribution in [1.29, 1.82) is 0 Å². The third kappa shape index (κ3) is 4.96. The molecular weight excluding hydrogens is 492 g/mol. The van der Waals surface area contributed by atoms with Crippen molar-refractivity contribution in [2.75, 3.05) is 5.32 Å². The predicted octanol–water partition coefficient (Wildman–Crippen LogP) is 4.47. The quantitative estimate of drug-likeness (QED) is 0.399. The number of benzene rings is 1. The molecule has 7 nitrogen and oxygen atoms in total. The van der Waals surface area contributed by atoms with E-state index in [9.17, 15) is 14.4 Å². The van der Waals surface area contributed by atoms with Crippen molar-refractivity contribution in [2.24, 2.45) is 0 Å². The van der Waals surface area contributed by atoms with Crippen LogP contribution < -0.4 is 16.0 Å². The summed E-state index contributed by atoms with van der Waals surface area (Å²) in [6.45, 7) is 7.07. The first kappa shape index (κ1) is 24.6. The maximum Gasteiger partial charge on any atom is 0.256 e. The smallest absolute Gasteiger partial charge is 0.256 e. The molecule has 1 atom stereocenters. The van der Waals surface area contributed by atoms with Gasteiger partial charge in [-0.3, -0.25) is 19.7 Å². The van der Waals surface area contributed by atoms with Gasteiger partial charge >= 0.3 is 0 Å². The number of imide groups is 1. The van der Waals surface area contributed by atoms with Gasteiger partial charge in [-0.2, -0.15) is 0 Å². The molecule has 0 saturated carbocycles. The molecule has 0 spiro atoms. The van der Waals surface area contributed by atoms with Crippen LogP contribution in [0.2, 0.25) is 5.02 Å². The molecule has 2 aliphatic rings. The molecule has 3 N–H and O–H groups in total. The van der Waals surface area contributed by atoms with E-state index in [2.05, 4.69) is 35.9 Å². The molecule has 2 aliphatic heterocycles. The molecule has 3 amide bonds. The summed E-state index contributed by atoms with van der Waals surface area (Å²) in [6, 6.07) is 3.29. The fourth-order valence-electron chi connectivity index (χ4n) is 4.45. The van der Waals surface area contributed by atoms with Gasteiger partial charge in [-0.05, 0) is 66.7 Å². The number of carbonyl (C=O) groups is 3. The number of carbonyl (C=O) groups excluding carboxylic acids is 3. The average Bonchev–Trinajstić information content (AvgIpc) is 3.26. The standard InChI is InChI=1S/C24H27ClN4O3S2/c1-12(2)15-7-14(8-18(25)13(15)3)27-24(33)26-9-20-16-10-29(23(32)17(16)11-34-20)19-5-4-6-21(30)28-22(19)31/h7-8,11-12,19H,4-6,9-10H2,1-3H3,(H2,26,27,33)(H,28,30,31)/t19-/m0/s1. The number of hydrogen-bond acceptors (Lipinski definition) is 5. The third-order valence-electron chi connectivity index (χ3n) is 6.30. The number of rotatable bonds is 5. The lowest BCUT2D eigenvalue weighted by molar-refractivity contribution is -0.132. The van der Waals surface area contributed by atoms with Gasteiger partial charge in [0.2, 0.25) is 11.8 Å². The molecule has 0 radical (unpaired) electrons. The van der Waals surface area contributed by atoms with E-state index >= 15 is 0 Å². The van der Waals surface area contributed by atoms with Crippen molar-refractivity contribution < 1.29 is 14.4 Å². The zero-order chi connectivity index (χ0) is 24.6. The van der Waals surface area contributed by atoms with Gasteiger partial charge in [-0.15, -0.1) is 11.3 Å². The van der Waals surface area contributed by atoms with Gasteiger partial charge in [0.1, 0.15) is 6.04 Å². The minimum Gasteiger partial charge on any atom is -0.358 e. The van der Waals surface area contributed by atoms with Crippen LogP contribution in [0.1, 0.15) is 71.0 Å². The molecule has 4 rings (SSSR count). The summed E-state index contributed by atoms with van der Waals surface area (Å²) < 4.78 is 0. The summed E-state index contributed by atoms with van der Waals surface area (Å²) in [6.07, 6.45) is 1.36. The highest BCUT2D eigenvalue weighted by Gasteiger charge is 2.39. The summed E-state index contributed by atoms with van der Waals surface area (Å²) >= 11 is 13.4. The van der Waals surface area contributed by atoms with Crippen LogP contribution in [0.3, 0.4) is 0 Å². The van der Waals surface area contributed by atoms with Gasteiger partial charge in [-0.1, -0.05) is 25.4 Å². The normalized spacial score (nSPS) is 18.1. The molecule has 1 fully saturated rings. The first-order valence-electron chi connectivity index (χ1n) is 11.2. The maximum absolute atomic E-state index is 13.0. The fraction of sp³-hybridized carbons (Fsp3) is 0.417. The number of fused-ring (bicyclic) bond motifs is 1. The molecule has 1 aromatic heterocycles. The first-order chi connectivity index (χ1) is 16.2. The van der Waals surface area contributed by atoms with Crippen LogP contribution in [0.25, 0.3) is 0 Å². The Hall–Kier alpha value is -2.49. The third-order valence-corrected chi connectivity index (χ3v) is 7.97. The van der Waals surface area contributed by atoms with E-state index in [1.807, 2.05) is 18.4 Å². The number of nitrogens with one attached hydrogen (secondary N) is 3. The molecule has 0 unspecified atom stereocenters. The summed E-state index contributed by atoms with van der Waals surface area (Å²) in [5, 5.41) is 11.8. The Bertz CT molecular complexity index is 1180. The van der Waals surface area contributed by atoms with Crippen LogP contribution in [0.5, 0.6) is 0 Å². The Morgan fingerprint density at radius 3 is 2.82 bits per heavy atom. The van der Waals surface area contributed by atoms with E-state index in [4.69, 9.17) is 23.8 Å². The van der Waals surface area contributed by atoms with Crippen LogP contribution in [0.15, 0.2) is 17.5 Å². The van der Waals surface area contributed by atoms with E-state index in [1.165, 1.54) is 11.3 Å². The maximum atomic E-state index is 13.0. The Morgan fingerprint density at radius 1 is 1.32 bits per heavy atom. The molecule has 34 heavy (non-hydrogen) atoms. The lowest BCUT2D eigenvalue weighted by Gasteiger charge is -2.25. The molecule has 1 aromatic carbocycles. The lowest BCUT2D eigenvalue weighted by atomic mass is 9.97. The number of thiocarbonyl (C=S) groups is 1. The summed E-state index contributed by atoms with van der Waals surface area (Å²) in [5.41, 5.74) is 4.58. The van der Waals surface area contributed by atoms with E-state index in [1.54, 1.807) is 4.90 Å². The van der Waals surface area contributed by atoms with Crippen molar-refractivity contribution in [3.05, 3.63) is 49.7 Å². The largest absolute Gasteiger partial charge is 0.358 e. The van der Waals surface area contributed by atoms with E-state index < -0.39 is 11.9 Å². The van der Waals surface area contributed by atoms with Crippen LogP contribution in [-0.2, 0) is 22.7 Å². The molecule has 2 aromatic rings. The van der Waals surface area contributed by atoms with Crippen molar-refractivity contribution in [1.82, 2.24) is 15.5 Å². The minimum atomic E-state index is -0.624. The number of thiophene rings is 1. The van der Waals surface area contributed by atoms with E-state index in [0.717, 1.165) is 27.3 Å². The van der Waals surface area contributed by atoms with Gasteiger partial charge in [0.15, 0.2) is 5.11 Å². The van der Waals surface area contributed by atoms with E-state index in [-0.39, 0.29) is 11.8 Å². The Morgan fingerprint density at radius 2 is 2.09 bits per heavy atom. The second-order valence-electron chi connectivity index (χ2n) is 8.94. The summed E-state index contributed by atoms with van der Waals surface area (Å²) in [7, 11) is 0. The molecule has 10 heteroatoms. The highest BCUT2D eigenvalue weighted by atomic mass is 35.5. The number of anilines is 1. The minimum absolute atomic E-state index is 0.164. The van der Waals surface area contributed by atoms with Crippen molar-refractivity contribution in [3.8, 4) is 0 Å². The number of nitrogens with zero attached hydrogens (tertiary/aromatic N) is 1. The Kier molecular flexibility index (Phi) is 7.25. The van der Waals surface area contributed by atoms with Gasteiger partial charge < -0.3 is 15.5 Å². The van der Waals surface area contributed by atoms with Crippen LogP contribution in [-0.4, -0.2) is 33.8 Å². The second-order valence-corrected chi connectivity index (χ2v) is 10.7. The molecule has 0 bridgehead atoms. The molecule has 1 saturated heterocycles. The zero-order valence-corrected chi connectivity index (χ0v) is 21.7. The number of hydrogen-bond donors (Lipinski definition) is 3. The molecule has 0 aliphatic carbocycles. The summed E-state index contributed by atoms with van der Waals surface area (Å²) in [4.78, 5) is 39.6. The highest BCUT2D eigenvalue weighted by Crippen LogP contribution is 2.34. The van der Waals surface area contributed by atoms with Gasteiger partial charge in [0.05, 0.1) is 12.1 Å². The Labute approximate surface area is 213 Å². The highest BCUT2D eigenvalue weighted by molar-refractivity contribution is 7.80. The monoisotopic (exact) mass is 518 g/mol. The number of amides is 3. The molecular formula is C24H27ClN4O3S2. The fourth-order valence-corrected chi connectivity index (χ4v) is 5.84. The second kappa shape index (κ2) is 10.0. The zero-order valence-electron chi connectivity index (χ0n) is 19.3. The van der Waals surface area contributed by atoms with Gasteiger partial charge in [0.25, 0.3) is 5.91 Å². The average molecular weight is 519 g/mol. The van der Waals surface area contributed by atoms with Crippen molar-refractivity contribution in [3.63, 3.8) is 0 Å². The SMILES string of the molecule is Cc1c(Cl)cc(NC(=S)NCc2scc3c2CN([C@H]2CCCC(=O)NC2=O)C3=O)cc1C(C)C. The van der Waals surface area contributed by atoms with Crippen LogP contribution in [0.4, 0.5) is 5.69 Å². The first-order valence-corrected chi connectivity index (χ1v) is 12.9. The molecule has 3 heterocycles. The van der Waals surface area contributed by atoms with E-state index in [0.29, 0.717) is 54.0 Å². The van der Waals surface area contributed by atoms with Crippen molar-refractivity contribution >= 4 is 63.7 Å². The lowest BCUT2D eigenvalue weighted by Crippen LogP contribution is -2.47. The predicted molar refractivity (Wildman–Crippen MR) is 138 cm³/mol. The van der Waals surface area contributed by atoms with Gasteiger partial charge in [-0.25, -0.2) is 0 Å². The molecule has 180 valence electrons. The van der Waals surface area contributed by atoms with Crippen molar-refractivity contribution in [2.45, 2.75) is 65.1 Å².